The molecule has 0 spiro atoms. The van der Waals surface area contributed by atoms with Crippen LogP contribution in [0.3, 0.4) is 0 Å². The molecule has 0 saturated heterocycles. The molecule has 2 aromatic rings. The summed E-state index contributed by atoms with van der Waals surface area (Å²) in [6.07, 6.45) is 0. The Bertz CT molecular complexity index is 900. The van der Waals surface area contributed by atoms with E-state index in [2.05, 4.69) is 10.0 Å². The second-order valence-electron chi connectivity index (χ2n) is 5.59. The molecule has 0 aliphatic rings. The minimum Gasteiger partial charge on any atom is -0.495 e. The van der Waals surface area contributed by atoms with Crippen molar-refractivity contribution in [1.29, 1.82) is 0 Å². The molecule has 0 radical (unpaired) electrons. The Morgan fingerprint density at radius 3 is 2.41 bits per heavy atom. The molecular formula is C18H21ClN2O5S. The maximum Gasteiger partial charge on any atom is 0.242 e. The van der Waals surface area contributed by atoms with E-state index in [0.29, 0.717) is 28.8 Å². The fourth-order valence-corrected chi connectivity index (χ4v) is 3.69. The smallest absolute Gasteiger partial charge is 0.242 e. The number of ether oxygens (including phenoxy) is 2. The fourth-order valence-electron chi connectivity index (χ4n) is 2.23. The molecule has 1 amide bonds. The summed E-state index contributed by atoms with van der Waals surface area (Å²) in [5, 5.41) is 2.94. The van der Waals surface area contributed by atoms with Gasteiger partial charge >= 0.3 is 0 Å². The molecule has 27 heavy (non-hydrogen) atoms. The van der Waals surface area contributed by atoms with Crippen molar-refractivity contribution < 1.29 is 22.7 Å². The van der Waals surface area contributed by atoms with Crippen LogP contribution in [0.25, 0.3) is 0 Å². The van der Waals surface area contributed by atoms with Gasteiger partial charge in [-0.25, -0.2) is 8.42 Å². The molecule has 9 heteroatoms. The van der Waals surface area contributed by atoms with Gasteiger partial charge in [0.1, 0.15) is 11.5 Å². The Labute approximate surface area is 163 Å². The monoisotopic (exact) mass is 412 g/mol. The fraction of sp³-hybridized carbons (Fsp3) is 0.278. The molecule has 0 aliphatic carbocycles. The van der Waals surface area contributed by atoms with Gasteiger partial charge in [-0.3, -0.25) is 4.79 Å². The molecular weight excluding hydrogens is 392 g/mol. The third-order valence-corrected chi connectivity index (χ3v) is 5.44. The van der Waals surface area contributed by atoms with Crippen molar-refractivity contribution in [3.05, 3.63) is 47.5 Å². The number of sulfonamides is 1. The first kappa shape index (κ1) is 21.0. The highest BCUT2D eigenvalue weighted by atomic mass is 35.5. The van der Waals surface area contributed by atoms with Gasteiger partial charge in [0.05, 0.1) is 29.7 Å². The Hall–Kier alpha value is -2.29. The number of benzene rings is 2. The summed E-state index contributed by atoms with van der Waals surface area (Å²) in [5.41, 5.74) is 0.429. The average Bonchev–Trinajstić information content (AvgIpc) is 2.62. The highest BCUT2D eigenvalue weighted by Gasteiger charge is 2.22. The van der Waals surface area contributed by atoms with Gasteiger partial charge in [-0.2, -0.15) is 4.72 Å². The Balaban J connectivity index is 2.04. The van der Waals surface area contributed by atoms with Gasteiger partial charge in [0.15, 0.2) is 0 Å². The van der Waals surface area contributed by atoms with Crippen LogP contribution in [0.2, 0.25) is 5.02 Å². The first-order chi connectivity index (χ1) is 12.8. The maximum atomic E-state index is 12.4. The van der Waals surface area contributed by atoms with E-state index in [1.165, 1.54) is 32.2 Å². The number of amides is 1. The zero-order valence-corrected chi connectivity index (χ0v) is 16.7. The first-order valence-corrected chi connectivity index (χ1v) is 10.0. The Morgan fingerprint density at radius 1 is 1.19 bits per heavy atom. The number of hydrogen-bond acceptors (Lipinski definition) is 5. The van der Waals surface area contributed by atoms with Crippen molar-refractivity contribution in [3.63, 3.8) is 0 Å². The van der Waals surface area contributed by atoms with Gasteiger partial charge in [-0.15, -0.1) is 0 Å². The van der Waals surface area contributed by atoms with Gasteiger partial charge in [0.25, 0.3) is 0 Å². The van der Waals surface area contributed by atoms with E-state index < -0.39 is 22.0 Å². The summed E-state index contributed by atoms with van der Waals surface area (Å²) in [4.78, 5) is 12.3. The van der Waals surface area contributed by atoms with Crippen molar-refractivity contribution in [1.82, 2.24) is 4.72 Å². The van der Waals surface area contributed by atoms with Crippen molar-refractivity contribution in [2.24, 2.45) is 0 Å². The molecule has 0 bridgehead atoms. The van der Waals surface area contributed by atoms with Crippen LogP contribution in [-0.4, -0.2) is 34.1 Å². The van der Waals surface area contributed by atoms with Crippen LogP contribution in [0.15, 0.2) is 47.4 Å². The Kier molecular flexibility index (Phi) is 7.06. The van der Waals surface area contributed by atoms with E-state index in [9.17, 15) is 13.2 Å². The van der Waals surface area contributed by atoms with E-state index in [4.69, 9.17) is 21.1 Å². The lowest BCUT2D eigenvalue weighted by molar-refractivity contribution is -0.117. The summed E-state index contributed by atoms with van der Waals surface area (Å²) in [7, 11) is -2.38. The predicted octanol–water partition coefficient (Wildman–Crippen LogP) is 3.05. The van der Waals surface area contributed by atoms with Crippen LogP contribution >= 0.6 is 11.6 Å². The summed E-state index contributed by atoms with van der Waals surface area (Å²) in [6, 6.07) is 9.68. The Morgan fingerprint density at radius 2 is 1.85 bits per heavy atom. The molecule has 0 aromatic heterocycles. The van der Waals surface area contributed by atoms with Gasteiger partial charge in [-0.1, -0.05) is 11.6 Å². The topological polar surface area (TPSA) is 93.7 Å². The largest absolute Gasteiger partial charge is 0.495 e. The van der Waals surface area contributed by atoms with Crippen LogP contribution in [0.1, 0.15) is 13.8 Å². The highest BCUT2D eigenvalue weighted by Crippen LogP contribution is 2.27. The first-order valence-electron chi connectivity index (χ1n) is 8.16. The van der Waals surface area contributed by atoms with Crippen LogP contribution in [0, 0.1) is 0 Å². The van der Waals surface area contributed by atoms with Gasteiger partial charge in [0, 0.05) is 5.69 Å². The van der Waals surface area contributed by atoms with Crippen molar-refractivity contribution in [2.45, 2.75) is 24.8 Å². The molecule has 0 saturated carbocycles. The van der Waals surface area contributed by atoms with Crippen molar-refractivity contribution >= 4 is 33.2 Å². The van der Waals surface area contributed by atoms with E-state index in [1.54, 1.807) is 24.3 Å². The molecule has 2 rings (SSSR count). The number of methoxy groups -OCH3 is 1. The van der Waals surface area contributed by atoms with Crippen LogP contribution < -0.4 is 19.5 Å². The molecule has 2 aromatic carbocycles. The van der Waals surface area contributed by atoms with Gasteiger partial charge in [0.2, 0.25) is 15.9 Å². The minimum atomic E-state index is -3.86. The highest BCUT2D eigenvalue weighted by molar-refractivity contribution is 7.89. The summed E-state index contributed by atoms with van der Waals surface area (Å²) in [6.45, 7) is 3.77. The molecule has 0 unspecified atom stereocenters. The average molecular weight is 413 g/mol. The van der Waals surface area contributed by atoms with E-state index in [-0.39, 0.29) is 4.90 Å². The molecule has 1 atom stereocenters. The molecule has 0 aliphatic heterocycles. The number of carbonyl (C=O) groups excluding carboxylic acids is 1. The standard InChI is InChI=1S/C18H21ClN2O5S/c1-4-26-14-6-8-15(9-7-14)27(23,24)21-12(2)18(22)20-13-5-10-17(25-3)16(19)11-13/h5-12,21H,4H2,1-3H3,(H,20,22)/t12-/m0/s1. The molecule has 7 nitrogen and oxygen atoms in total. The molecule has 146 valence electrons. The quantitative estimate of drug-likeness (QED) is 0.695. The van der Waals surface area contributed by atoms with Crippen molar-refractivity contribution in [3.8, 4) is 11.5 Å². The zero-order chi connectivity index (χ0) is 20.0. The lowest BCUT2D eigenvalue weighted by Crippen LogP contribution is -2.41. The van der Waals surface area contributed by atoms with Crippen LogP contribution in [0.4, 0.5) is 5.69 Å². The maximum absolute atomic E-state index is 12.4. The lowest BCUT2D eigenvalue weighted by Gasteiger charge is -2.15. The third-order valence-electron chi connectivity index (χ3n) is 3.59. The minimum absolute atomic E-state index is 0.0399. The molecule has 0 fully saturated rings. The number of nitrogens with one attached hydrogen (secondary N) is 2. The van der Waals surface area contributed by atoms with Gasteiger partial charge in [-0.05, 0) is 56.3 Å². The lowest BCUT2D eigenvalue weighted by atomic mass is 10.2. The SMILES string of the molecule is CCOc1ccc(S(=O)(=O)N[C@@H](C)C(=O)Nc2ccc(OC)c(Cl)c2)cc1. The summed E-state index contributed by atoms with van der Waals surface area (Å²) >= 11 is 6.02. The van der Waals surface area contributed by atoms with Crippen molar-refractivity contribution in [2.75, 3.05) is 19.0 Å². The number of hydrogen-bond donors (Lipinski definition) is 2. The molecule has 0 heterocycles. The molecule has 2 N–H and O–H groups in total. The summed E-state index contributed by atoms with van der Waals surface area (Å²) in [5.74, 6) is 0.517. The second-order valence-corrected chi connectivity index (χ2v) is 7.71. The second kappa shape index (κ2) is 9.07. The van der Waals surface area contributed by atoms with E-state index in [0.717, 1.165) is 0 Å². The third kappa shape index (κ3) is 5.59. The van der Waals surface area contributed by atoms with E-state index >= 15 is 0 Å². The number of halogens is 1. The summed E-state index contributed by atoms with van der Waals surface area (Å²) < 4.78 is 37.5. The normalized spacial score (nSPS) is 12.3. The van der Waals surface area contributed by atoms with Crippen LogP contribution in [0.5, 0.6) is 11.5 Å². The number of carbonyl (C=O) groups is 1. The van der Waals surface area contributed by atoms with Gasteiger partial charge < -0.3 is 14.8 Å². The zero-order valence-electron chi connectivity index (χ0n) is 15.2. The van der Waals surface area contributed by atoms with E-state index in [1.807, 2.05) is 6.92 Å². The number of anilines is 1. The number of rotatable bonds is 8. The predicted molar refractivity (Wildman–Crippen MR) is 104 cm³/mol. The van der Waals surface area contributed by atoms with Crippen LogP contribution in [-0.2, 0) is 14.8 Å².